The highest BCUT2D eigenvalue weighted by Crippen LogP contribution is 2.14. The summed E-state index contributed by atoms with van der Waals surface area (Å²) in [5, 5.41) is 0. The third-order valence-corrected chi connectivity index (χ3v) is 2.98. The topological polar surface area (TPSA) is 48.0 Å². The van der Waals surface area contributed by atoms with E-state index in [-0.39, 0.29) is 11.2 Å². The minimum atomic E-state index is -0.525. The van der Waals surface area contributed by atoms with Gasteiger partial charge in [-0.25, -0.2) is 4.39 Å². The van der Waals surface area contributed by atoms with Crippen molar-refractivity contribution in [2.45, 2.75) is 0 Å². The van der Waals surface area contributed by atoms with Crippen LogP contribution in [0.15, 0.2) is 41.3 Å². The van der Waals surface area contributed by atoms with Gasteiger partial charge in [0.2, 0.25) is 0 Å². The van der Waals surface area contributed by atoms with Gasteiger partial charge in [0.1, 0.15) is 5.82 Å². The SMILES string of the molecule is Nc1ccc(-n2cccc(I)c2=O)cc1F. The van der Waals surface area contributed by atoms with E-state index in [0.29, 0.717) is 9.26 Å². The van der Waals surface area contributed by atoms with Gasteiger partial charge in [-0.3, -0.25) is 9.36 Å². The lowest BCUT2D eigenvalue weighted by Gasteiger charge is -2.06. The van der Waals surface area contributed by atoms with E-state index in [1.165, 1.54) is 16.7 Å². The summed E-state index contributed by atoms with van der Waals surface area (Å²) in [6.45, 7) is 0. The van der Waals surface area contributed by atoms with Crippen molar-refractivity contribution in [1.29, 1.82) is 0 Å². The van der Waals surface area contributed by atoms with E-state index in [0.717, 1.165) is 0 Å². The van der Waals surface area contributed by atoms with Gasteiger partial charge < -0.3 is 5.73 Å². The smallest absolute Gasteiger partial charge is 0.268 e. The fourth-order valence-corrected chi connectivity index (χ4v) is 1.80. The van der Waals surface area contributed by atoms with Gasteiger partial charge in [0.25, 0.3) is 5.56 Å². The number of halogens is 2. The molecular weight excluding hydrogens is 322 g/mol. The van der Waals surface area contributed by atoms with Crippen molar-refractivity contribution in [3.63, 3.8) is 0 Å². The second-order valence-electron chi connectivity index (χ2n) is 3.24. The van der Waals surface area contributed by atoms with E-state index in [9.17, 15) is 9.18 Å². The zero-order chi connectivity index (χ0) is 11.7. The summed E-state index contributed by atoms with van der Waals surface area (Å²) in [5.74, 6) is -0.525. The first-order chi connectivity index (χ1) is 7.59. The summed E-state index contributed by atoms with van der Waals surface area (Å²) in [7, 11) is 0. The number of aromatic nitrogens is 1. The number of hydrogen-bond acceptors (Lipinski definition) is 2. The molecule has 0 radical (unpaired) electrons. The average molecular weight is 330 g/mol. The van der Waals surface area contributed by atoms with E-state index < -0.39 is 5.82 Å². The van der Waals surface area contributed by atoms with Gasteiger partial charge in [-0.2, -0.15) is 0 Å². The van der Waals surface area contributed by atoms with Crippen LogP contribution in [-0.2, 0) is 0 Å². The van der Waals surface area contributed by atoms with Crippen LogP contribution in [0, 0.1) is 9.39 Å². The molecule has 0 spiro atoms. The minimum absolute atomic E-state index is 0.0717. The molecule has 0 fully saturated rings. The van der Waals surface area contributed by atoms with E-state index in [1.807, 2.05) is 22.6 Å². The van der Waals surface area contributed by atoms with Crippen molar-refractivity contribution in [3.05, 3.63) is 56.3 Å². The van der Waals surface area contributed by atoms with E-state index in [4.69, 9.17) is 5.73 Å². The monoisotopic (exact) mass is 330 g/mol. The molecule has 1 aromatic heterocycles. The average Bonchev–Trinajstić information content (AvgIpc) is 2.26. The third kappa shape index (κ3) is 1.95. The lowest BCUT2D eigenvalue weighted by Crippen LogP contribution is -2.19. The molecule has 0 atom stereocenters. The van der Waals surface area contributed by atoms with Crippen LogP contribution in [0.2, 0.25) is 0 Å². The van der Waals surface area contributed by atoms with Crippen molar-refractivity contribution in [2.75, 3.05) is 5.73 Å². The highest BCUT2D eigenvalue weighted by atomic mass is 127. The molecule has 2 aromatic rings. The Labute approximate surface area is 105 Å². The van der Waals surface area contributed by atoms with Crippen LogP contribution in [-0.4, -0.2) is 4.57 Å². The Morgan fingerprint density at radius 2 is 2.06 bits per heavy atom. The summed E-state index contributed by atoms with van der Waals surface area (Å²) in [4.78, 5) is 11.8. The lowest BCUT2D eigenvalue weighted by atomic mass is 10.2. The molecule has 0 bridgehead atoms. The van der Waals surface area contributed by atoms with E-state index in [2.05, 4.69) is 0 Å². The zero-order valence-corrected chi connectivity index (χ0v) is 10.3. The molecule has 0 aliphatic carbocycles. The first-order valence-corrected chi connectivity index (χ1v) is 5.60. The van der Waals surface area contributed by atoms with Gasteiger partial charge in [0.05, 0.1) is 14.9 Å². The Kier molecular flexibility index (Phi) is 2.95. The Morgan fingerprint density at radius 3 is 2.75 bits per heavy atom. The largest absolute Gasteiger partial charge is 0.396 e. The van der Waals surface area contributed by atoms with Crippen molar-refractivity contribution >= 4 is 28.3 Å². The van der Waals surface area contributed by atoms with Crippen molar-refractivity contribution < 1.29 is 4.39 Å². The first-order valence-electron chi connectivity index (χ1n) is 4.52. The van der Waals surface area contributed by atoms with Crippen LogP contribution in [0.5, 0.6) is 0 Å². The van der Waals surface area contributed by atoms with Gasteiger partial charge in [-0.05, 0) is 46.9 Å². The molecule has 16 heavy (non-hydrogen) atoms. The molecular formula is C11H8FIN2O. The van der Waals surface area contributed by atoms with Crippen LogP contribution in [0.3, 0.4) is 0 Å². The maximum Gasteiger partial charge on any atom is 0.268 e. The molecule has 5 heteroatoms. The van der Waals surface area contributed by atoms with Crippen LogP contribution in [0.1, 0.15) is 0 Å². The van der Waals surface area contributed by atoms with Crippen molar-refractivity contribution in [2.24, 2.45) is 0 Å². The van der Waals surface area contributed by atoms with Crippen LogP contribution < -0.4 is 11.3 Å². The number of rotatable bonds is 1. The Bertz CT molecular complexity index is 595. The van der Waals surface area contributed by atoms with Crippen molar-refractivity contribution in [3.8, 4) is 5.69 Å². The predicted molar refractivity (Wildman–Crippen MR) is 69.1 cm³/mol. The number of hydrogen-bond donors (Lipinski definition) is 1. The van der Waals surface area contributed by atoms with E-state index in [1.54, 1.807) is 24.4 Å². The third-order valence-electron chi connectivity index (χ3n) is 2.16. The molecule has 2 rings (SSSR count). The Morgan fingerprint density at radius 1 is 1.31 bits per heavy atom. The highest BCUT2D eigenvalue weighted by Gasteiger charge is 2.05. The van der Waals surface area contributed by atoms with Gasteiger partial charge in [0.15, 0.2) is 0 Å². The van der Waals surface area contributed by atoms with Crippen LogP contribution >= 0.6 is 22.6 Å². The number of pyridine rings is 1. The Balaban J connectivity index is 2.64. The molecule has 2 N–H and O–H groups in total. The summed E-state index contributed by atoms with van der Waals surface area (Å²) < 4.78 is 15.2. The van der Waals surface area contributed by atoms with Crippen molar-refractivity contribution in [1.82, 2.24) is 4.57 Å². The summed E-state index contributed by atoms with van der Waals surface area (Å²) in [5.41, 5.74) is 5.74. The maximum atomic E-state index is 13.3. The summed E-state index contributed by atoms with van der Waals surface area (Å²) >= 11 is 1.94. The molecule has 0 saturated carbocycles. The maximum absolute atomic E-state index is 13.3. The molecule has 0 aliphatic rings. The second-order valence-corrected chi connectivity index (χ2v) is 4.40. The molecule has 3 nitrogen and oxygen atoms in total. The number of nitrogens with zero attached hydrogens (tertiary/aromatic N) is 1. The number of anilines is 1. The standard InChI is InChI=1S/C11H8FIN2O/c12-8-6-7(3-4-10(8)14)15-5-1-2-9(13)11(15)16/h1-6H,14H2. The molecule has 0 unspecified atom stereocenters. The fourth-order valence-electron chi connectivity index (χ4n) is 1.34. The molecule has 0 saturated heterocycles. The fraction of sp³-hybridized carbons (Fsp3) is 0. The molecule has 1 aromatic carbocycles. The first kappa shape index (κ1) is 11.1. The quantitative estimate of drug-likeness (QED) is 0.643. The molecule has 0 aliphatic heterocycles. The molecule has 82 valence electrons. The number of nitrogen functional groups attached to an aromatic ring is 1. The summed E-state index contributed by atoms with van der Waals surface area (Å²) in [6.07, 6.45) is 1.59. The Hall–Kier alpha value is -1.37. The minimum Gasteiger partial charge on any atom is -0.396 e. The van der Waals surface area contributed by atoms with Gasteiger partial charge in [0, 0.05) is 12.3 Å². The van der Waals surface area contributed by atoms with Gasteiger partial charge in [-0.15, -0.1) is 0 Å². The lowest BCUT2D eigenvalue weighted by molar-refractivity contribution is 0.631. The predicted octanol–water partition coefficient (Wildman–Crippen LogP) is 2.16. The number of nitrogens with two attached hydrogens (primary N) is 1. The zero-order valence-electron chi connectivity index (χ0n) is 8.15. The highest BCUT2D eigenvalue weighted by molar-refractivity contribution is 14.1. The van der Waals surface area contributed by atoms with E-state index >= 15 is 0 Å². The van der Waals surface area contributed by atoms with Gasteiger partial charge >= 0.3 is 0 Å². The van der Waals surface area contributed by atoms with Crippen LogP contribution in [0.25, 0.3) is 5.69 Å². The molecule has 1 heterocycles. The van der Waals surface area contributed by atoms with Crippen LogP contribution in [0.4, 0.5) is 10.1 Å². The normalized spacial score (nSPS) is 10.4. The summed E-state index contributed by atoms with van der Waals surface area (Å²) in [6, 6.07) is 7.73. The number of benzene rings is 1. The second kappa shape index (κ2) is 4.25. The van der Waals surface area contributed by atoms with Gasteiger partial charge in [-0.1, -0.05) is 0 Å². The molecule has 0 amide bonds.